The van der Waals surface area contributed by atoms with E-state index in [9.17, 15) is 14.4 Å². The van der Waals surface area contributed by atoms with E-state index in [1.807, 2.05) is 6.92 Å². The average molecular weight is 244 g/mol. The third kappa shape index (κ3) is 6.55. The lowest BCUT2D eigenvalue weighted by Crippen LogP contribution is -2.46. The Bertz CT molecular complexity index is 291. The summed E-state index contributed by atoms with van der Waals surface area (Å²) in [5, 5.41) is 13.8. The lowest BCUT2D eigenvalue weighted by atomic mass is 10.0. The molecule has 0 aliphatic rings. The van der Waals surface area contributed by atoms with E-state index in [2.05, 4.69) is 10.6 Å². The number of aliphatic carboxylic acids is 1. The molecule has 0 saturated carbocycles. The molecule has 0 spiro atoms. The van der Waals surface area contributed by atoms with E-state index in [1.165, 1.54) is 6.92 Å². The van der Waals surface area contributed by atoms with Crippen LogP contribution in [0, 0.1) is 5.92 Å². The molecule has 0 rings (SSSR count). The van der Waals surface area contributed by atoms with E-state index in [4.69, 9.17) is 5.11 Å². The first-order valence-corrected chi connectivity index (χ1v) is 5.66. The molecule has 0 aromatic carbocycles. The molecule has 0 aliphatic heterocycles. The number of amides is 2. The maximum Gasteiger partial charge on any atom is 0.308 e. The Hall–Kier alpha value is -1.59. The van der Waals surface area contributed by atoms with E-state index >= 15 is 0 Å². The quantitative estimate of drug-likeness (QED) is 0.593. The van der Waals surface area contributed by atoms with Gasteiger partial charge in [-0.1, -0.05) is 13.3 Å². The third-order valence-corrected chi connectivity index (χ3v) is 2.32. The Morgan fingerprint density at radius 1 is 1.29 bits per heavy atom. The van der Waals surface area contributed by atoms with Crippen LogP contribution >= 0.6 is 0 Å². The van der Waals surface area contributed by atoms with Gasteiger partial charge in [-0.15, -0.1) is 0 Å². The van der Waals surface area contributed by atoms with Crippen LogP contribution in [0.5, 0.6) is 0 Å². The van der Waals surface area contributed by atoms with Gasteiger partial charge >= 0.3 is 5.97 Å². The fourth-order valence-corrected chi connectivity index (χ4v) is 1.41. The monoisotopic (exact) mass is 244 g/mol. The van der Waals surface area contributed by atoms with Gasteiger partial charge in [-0.25, -0.2) is 0 Å². The van der Waals surface area contributed by atoms with E-state index in [1.54, 1.807) is 6.92 Å². The highest BCUT2D eigenvalue weighted by Gasteiger charge is 2.19. The number of nitrogens with one attached hydrogen (secondary N) is 2. The van der Waals surface area contributed by atoms with Crippen LogP contribution in [0.25, 0.3) is 0 Å². The van der Waals surface area contributed by atoms with Gasteiger partial charge in [0.05, 0.1) is 5.92 Å². The second-order valence-electron chi connectivity index (χ2n) is 3.99. The normalized spacial score (nSPS) is 13.6. The van der Waals surface area contributed by atoms with Crippen LogP contribution in [-0.4, -0.2) is 35.5 Å². The zero-order chi connectivity index (χ0) is 13.4. The van der Waals surface area contributed by atoms with Crippen molar-refractivity contribution in [3.05, 3.63) is 0 Å². The van der Waals surface area contributed by atoms with Crippen LogP contribution in [0.15, 0.2) is 0 Å². The largest absolute Gasteiger partial charge is 0.481 e. The van der Waals surface area contributed by atoms with Crippen molar-refractivity contribution in [1.82, 2.24) is 10.6 Å². The molecule has 6 nitrogen and oxygen atoms in total. The molecular weight excluding hydrogens is 224 g/mol. The molecule has 0 heterocycles. The highest BCUT2D eigenvalue weighted by molar-refractivity contribution is 5.86. The maximum absolute atomic E-state index is 11.5. The van der Waals surface area contributed by atoms with Gasteiger partial charge in [0.15, 0.2) is 0 Å². The summed E-state index contributed by atoms with van der Waals surface area (Å²) >= 11 is 0. The molecule has 17 heavy (non-hydrogen) atoms. The first-order chi connectivity index (χ1) is 7.88. The van der Waals surface area contributed by atoms with E-state index in [0.717, 1.165) is 6.42 Å². The highest BCUT2D eigenvalue weighted by Crippen LogP contribution is 2.05. The Labute approximate surface area is 101 Å². The van der Waals surface area contributed by atoms with Crippen LogP contribution in [0.1, 0.15) is 33.6 Å². The molecule has 0 aromatic rings. The zero-order valence-corrected chi connectivity index (χ0v) is 10.4. The summed E-state index contributed by atoms with van der Waals surface area (Å²) in [6.45, 7) is 4.84. The highest BCUT2D eigenvalue weighted by atomic mass is 16.4. The molecule has 2 amide bonds. The topological polar surface area (TPSA) is 95.5 Å². The fraction of sp³-hybridized carbons (Fsp3) is 0.727. The number of carboxylic acid groups (broad SMARTS) is 1. The molecule has 0 radical (unpaired) electrons. The number of carboxylic acids is 1. The van der Waals surface area contributed by atoms with Crippen molar-refractivity contribution in [2.45, 2.75) is 39.7 Å². The minimum Gasteiger partial charge on any atom is -0.481 e. The number of carbonyl (C=O) groups excluding carboxylic acids is 2. The Balaban J connectivity index is 4.11. The van der Waals surface area contributed by atoms with Crippen molar-refractivity contribution < 1.29 is 19.5 Å². The summed E-state index contributed by atoms with van der Waals surface area (Å²) in [4.78, 5) is 33.0. The summed E-state index contributed by atoms with van der Waals surface area (Å²) in [7, 11) is 0. The molecule has 0 aliphatic carbocycles. The average Bonchev–Trinajstić information content (AvgIpc) is 2.22. The molecule has 2 atom stereocenters. The molecule has 0 bridgehead atoms. The molecule has 0 aromatic heterocycles. The number of hydrogen-bond donors (Lipinski definition) is 3. The molecule has 0 fully saturated rings. The van der Waals surface area contributed by atoms with Gasteiger partial charge < -0.3 is 15.7 Å². The van der Waals surface area contributed by atoms with Gasteiger partial charge in [0.2, 0.25) is 11.8 Å². The Morgan fingerprint density at radius 2 is 1.88 bits per heavy atom. The lowest BCUT2D eigenvalue weighted by Gasteiger charge is -2.16. The SMILES string of the molecule is CCCC(CNC(=O)C(C)NC(C)=O)C(=O)O. The van der Waals surface area contributed by atoms with Gasteiger partial charge in [-0.05, 0) is 13.3 Å². The molecular formula is C11H20N2O4. The van der Waals surface area contributed by atoms with Crippen molar-refractivity contribution in [1.29, 1.82) is 0 Å². The molecule has 2 unspecified atom stereocenters. The number of rotatable bonds is 7. The summed E-state index contributed by atoms with van der Waals surface area (Å²) in [6, 6.07) is -0.649. The zero-order valence-electron chi connectivity index (χ0n) is 10.4. The second-order valence-corrected chi connectivity index (χ2v) is 3.99. The van der Waals surface area contributed by atoms with Crippen LogP contribution < -0.4 is 10.6 Å². The summed E-state index contributed by atoms with van der Waals surface area (Å²) in [5.41, 5.74) is 0. The Kier molecular flexibility index (Phi) is 6.93. The summed E-state index contributed by atoms with van der Waals surface area (Å²) < 4.78 is 0. The number of hydrogen-bond acceptors (Lipinski definition) is 3. The van der Waals surface area contributed by atoms with E-state index < -0.39 is 17.9 Å². The summed E-state index contributed by atoms with van der Waals surface area (Å²) in [6.07, 6.45) is 1.26. The predicted octanol–water partition coefficient (Wildman–Crippen LogP) is 0.128. The standard InChI is InChI=1S/C11H20N2O4/c1-4-5-9(11(16)17)6-12-10(15)7(2)13-8(3)14/h7,9H,4-6H2,1-3H3,(H,12,15)(H,13,14)(H,16,17). The van der Waals surface area contributed by atoms with Gasteiger partial charge in [0.1, 0.15) is 6.04 Å². The van der Waals surface area contributed by atoms with Crippen LogP contribution in [0.3, 0.4) is 0 Å². The molecule has 98 valence electrons. The van der Waals surface area contributed by atoms with Crippen molar-refractivity contribution in [3.8, 4) is 0 Å². The van der Waals surface area contributed by atoms with Crippen molar-refractivity contribution in [2.75, 3.05) is 6.54 Å². The fourth-order valence-electron chi connectivity index (χ4n) is 1.41. The van der Waals surface area contributed by atoms with Crippen LogP contribution in [0.4, 0.5) is 0 Å². The van der Waals surface area contributed by atoms with Gasteiger partial charge in [0.25, 0.3) is 0 Å². The molecule has 6 heteroatoms. The first kappa shape index (κ1) is 15.4. The van der Waals surface area contributed by atoms with Gasteiger partial charge in [-0.3, -0.25) is 14.4 Å². The minimum atomic E-state index is -0.917. The van der Waals surface area contributed by atoms with Crippen LogP contribution in [0.2, 0.25) is 0 Å². The molecule has 3 N–H and O–H groups in total. The molecule has 0 saturated heterocycles. The van der Waals surface area contributed by atoms with Gasteiger partial charge in [0, 0.05) is 13.5 Å². The van der Waals surface area contributed by atoms with Crippen molar-refractivity contribution >= 4 is 17.8 Å². The third-order valence-electron chi connectivity index (χ3n) is 2.32. The second kappa shape index (κ2) is 7.65. The van der Waals surface area contributed by atoms with Crippen molar-refractivity contribution in [2.24, 2.45) is 5.92 Å². The van der Waals surface area contributed by atoms with Crippen LogP contribution in [-0.2, 0) is 14.4 Å². The minimum absolute atomic E-state index is 0.0892. The van der Waals surface area contributed by atoms with Gasteiger partial charge in [-0.2, -0.15) is 0 Å². The summed E-state index contributed by atoms with van der Waals surface area (Å²) in [5.74, 6) is -2.16. The maximum atomic E-state index is 11.5. The number of carbonyl (C=O) groups is 3. The smallest absolute Gasteiger partial charge is 0.308 e. The predicted molar refractivity (Wildman–Crippen MR) is 62.3 cm³/mol. The van der Waals surface area contributed by atoms with Crippen molar-refractivity contribution in [3.63, 3.8) is 0 Å². The van der Waals surface area contributed by atoms with E-state index in [0.29, 0.717) is 6.42 Å². The first-order valence-electron chi connectivity index (χ1n) is 5.66. The lowest BCUT2D eigenvalue weighted by molar-refractivity contribution is -0.142. The van der Waals surface area contributed by atoms with E-state index in [-0.39, 0.29) is 18.4 Å². The Morgan fingerprint density at radius 3 is 2.29 bits per heavy atom.